The largest absolute Gasteiger partial charge is 0.493 e. The van der Waals surface area contributed by atoms with Gasteiger partial charge in [0, 0.05) is 15.4 Å². The number of anilines is 1. The lowest BCUT2D eigenvalue weighted by atomic mass is 10.2. The summed E-state index contributed by atoms with van der Waals surface area (Å²) < 4.78 is 28.2. The predicted octanol–water partition coefficient (Wildman–Crippen LogP) is 5.94. The van der Waals surface area contributed by atoms with Gasteiger partial charge in [-0.2, -0.15) is 0 Å². The van der Waals surface area contributed by atoms with Crippen LogP contribution in [-0.2, 0) is 10.0 Å². The fourth-order valence-corrected chi connectivity index (χ4v) is 5.16. The van der Waals surface area contributed by atoms with Crippen molar-refractivity contribution in [2.75, 3.05) is 10.8 Å². The molecule has 0 aliphatic carbocycles. The van der Waals surface area contributed by atoms with Crippen molar-refractivity contribution in [1.82, 2.24) is 4.98 Å². The maximum atomic E-state index is 13.1. The molecule has 3 aromatic carbocycles. The third-order valence-electron chi connectivity index (χ3n) is 4.98. The fourth-order valence-electron chi connectivity index (χ4n) is 3.34. The van der Waals surface area contributed by atoms with E-state index in [-0.39, 0.29) is 28.6 Å². The molecule has 1 heterocycles. The van der Waals surface area contributed by atoms with E-state index in [1.165, 1.54) is 46.8 Å². The molecule has 10 heteroatoms. The van der Waals surface area contributed by atoms with Gasteiger partial charge >= 0.3 is 0 Å². The van der Waals surface area contributed by atoms with Crippen LogP contribution in [0.4, 0.5) is 11.4 Å². The van der Waals surface area contributed by atoms with Crippen LogP contribution < -0.4 is 4.31 Å². The lowest BCUT2D eigenvalue weighted by molar-refractivity contribution is 0.0995. The number of aromatic hydroxyl groups is 1. The Labute approximate surface area is 204 Å². The van der Waals surface area contributed by atoms with Crippen LogP contribution in [0.25, 0.3) is 10.9 Å². The summed E-state index contributed by atoms with van der Waals surface area (Å²) in [5.74, 6) is -0.845. The van der Waals surface area contributed by atoms with Gasteiger partial charge in [-0.1, -0.05) is 40.2 Å². The summed E-state index contributed by atoms with van der Waals surface area (Å²) in [6.07, 6.45) is 1.49. The molecule has 2 N–H and O–H groups in total. The van der Waals surface area contributed by atoms with E-state index in [0.29, 0.717) is 16.6 Å². The molecule has 34 heavy (non-hydrogen) atoms. The van der Waals surface area contributed by atoms with Gasteiger partial charge in [-0.3, -0.25) is 9.10 Å². The average molecular weight is 539 g/mol. The maximum Gasteiger partial charge on any atom is 0.295 e. The number of hydrogen-bond acceptors (Lipinski definition) is 5. The number of benzene rings is 3. The van der Waals surface area contributed by atoms with Crippen molar-refractivity contribution in [3.05, 3.63) is 95.5 Å². The zero-order valence-corrected chi connectivity index (χ0v) is 20.1. The number of H-pyrrole nitrogens is 1. The van der Waals surface area contributed by atoms with E-state index in [1.807, 2.05) is 0 Å². The highest BCUT2D eigenvalue weighted by atomic mass is 79.9. The average Bonchev–Trinajstić information content (AvgIpc) is 3.15. The molecule has 0 bridgehead atoms. The molecule has 1 amide bonds. The highest BCUT2D eigenvalue weighted by Crippen LogP contribution is 2.37. The number of nitrogens with one attached hydrogen (secondary N) is 1. The highest BCUT2D eigenvalue weighted by Gasteiger charge is 2.24. The molecule has 0 aliphatic heterocycles. The van der Waals surface area contributed by atoms with Crippen molar-refractivity contribution >= 4 is 54.1 Å². The van der Waals surface area contributed by atoms with Crippen LogP contribution in [0, 0.1) is 0 Å². The number of amides is 1. The smallest absolute Gasteiger partial charge is 0.295 e. The van der Waals surface area contributed by atoms with E-state index in [2.05, 4.69) is 37.7 Å². The van der Waals surface area contributed by atoms with Crippen LogP contribution >= 0.6 is 15.9 Å². The number of aromatic nitrogens is 1. The van der Waals surface area contributed by atoms with Crippen LogP contribution in [0.2, 0.25) is 0 Å². The Morgan fingerprint density at radius 1 is 1.09 bits per heavy atom. The molecule has 8 nitrogen and oxygen atoms in total. The number of azo groups is 1. The molecule has 0 radical (unpaired) electrons. The van der Waals surface area contributed by atoms with Crippen LogP contribution in [-0.4, -0.2) is 31.0 Å². The van der Waals surface area contributed by atoms with E-state index in [9.17, 15) is 18.3 Å². The second kappa shape index (κ2) is 9.62. The molecule has 4 aromatic rings. The van der Waals surface area contributed by atoms with Gasteiger partial charge < -0.3 is 10.1 Å². The molecule has 172 valence electrons. The Kier molecular flexibility index (Phi) is 6.62. The van der Waals surface area contributed by atoms with Crippen LogP contribution in [0.15, 0.2) is 105 Å². The van der Waals surface area contributed by atoms with Crippen LogP contribution in [0.1, 0.15) is 10.4 Å². The summed E-state index contributed by atoms with van der Waals surface area (Å²) in [6.45, 7) is 3.70. The van der Waals surface area contributed by atoms with E-state index < -0.39 is 15.9 Å². The summed E-state index contributed by atoms with van der Waals surface area (Å²) >= 11 is 3.36. The summed E-state index contributed by atoms with van der Waals surface area (Å²) in [7, 11) is -3.82. The molecule has 0 spiro atoms. The number of hydrogen-bond donors (Lipinski definition) is 2. The van der Waals surface area contributed by atoms with Gasteiger partial charge in [-0.15, -0.1) is 16.8 Å². The number of carbonyl (C=O) groups excluding carboxylic acids is 1. The topological polar surface area (TPSA) is 115 Å². The number of nitrogens with zero attached hydrogens (tertiary/aromatic N) is 3. The zero-order chi connectivity index (χ0) is 24.3. The first kappa shape index (κ1) is 23.4. The number of halogens is 1. The number of fused-ring (bicyclic) bond motifs is 1. The summed E-state index contributed by atoms with van der Waals surface area (Å²) in [4.78, 5) is 15.5. The number of rotatable bonds is 7. The van der Waals surface area contributed by atoms with Gasteiger partial charge in [0.1, 0.15) is 0 Å². The zero-order valence-electron chi connectivity index (χ0n) is 17.7. The summed E-state index contributed by atoms with van der Waals surface area (Å²) in [5, 5.41) is 18.4. The minimum atomic E-state index is -3.82. The molecule has 0 fully saturated rings. The molecule has 4 rings (SSSR count). The molecule has 0 atom stereocenters. The Balaban J connectivity index is 1.59. The van der Waals surface area contributed by atoms with Crippen molar-refractivity contribution in [3.63, 3.8) is 0 Å². The molecule has 0 aliphatic rings. The molecule has 1 aromatic heterocycles. The predicted molar refractivity (Wildman–Crippen MR) is 134 cm³/mol. The number of carbonyl (C=O) groups is 1. The molecular formula is C24H19BrN4O4S. The first-order valence-electron chi connectivity index (χ1n) is 10.1. The summed E-state index contributed by atoms with van der Waals surface area (Å²) in [5.41, 5.74) is 1.38. The molecule has 0 saturated carbocycles. The van der Waals surface area contributed by atoms with E-state index in [0.717, 1.165) is 4.47 Å². The van der Waals surface area contributed by atoms with E-state index in [1.54, 1.807) is 36.4 Å². The Morgan fingerprint density at radius 2 is 1.79 bits per heavy atom. The van der Waals surface area contributed by atoms with Crippen molar-refractivity contribution in [1.29, 1.82) is 0 Å². The van der Waals surface area contributed by atoms with Crippen molar-refractivity contribution in [3.8, 4) is 5.88 Å². The van der Waals surface area contributed by atoms with E-state index in [4.69, 9.17) is 0 Å². The van der Waals surface area contributed by atoms with Gasteiger partial charge in [0.15, 0.2) is 5.69 Å². The van der Waals surface area contributed by atoms with Gasteiger partial charge in [-0.25, -0.2) is 8.42 Å². The first-order chi connectivity index (χ1) is 16.3. The quantitative estimate of drug-likeness (QED) is 0.223. The summed E-state index contributed by atoms with van der Waals surface area (Å²) in [6, 6.07) is 19.4. The Bertz CT molecular complexity index is 1500. The molecule has 0 saturated heterocycles. The fraction of sp³-hybridized carbons (Fsp3) is 0.0417. The normalized spacial score (nSPS) is 11.7. The SMILES string of the molecule is C=CCN(c1ccc(C(=O)N=Nc2c(O)[nH]c3ccc(Br)cc23)cc1)S(=O)(=O)c1ccccc1. The second-order valence-corrected chi connectivity index (χ2v) is 9.98. The monoisotopic (exact) mass is 538 g/mol. The minimum Gasteiger partial charge on any atom is -0.493 e. The van der Waals surface area contributed by atoms with Gasteiger partial charge in [0.2, 0.25) is 5.88 Å². The molecule has 0 unspecified atom stereocenters. The second-order valence-electron chi connectivity index (χ2n) is 7.20. The van der Waals surface area contributed by atoms with Crippen LogP contribution in [0.3, 0.4) is 0 Å². The van der Waals surface area contributed by atoms with Crippen molar-refractivity contribution in [2.45, 2.75) is 4.90 Å². The number of aromatic amines is 1. The first-order valence-corrected chi connectivity index (χ1v) is 12.3. The molecular weight excluding hydrogens is 520 g/mol. The van der Waals surface area contributed by atoms with Gasteiger partial charge in [0.25, 0.3) is 15.9 Å². The lowest BCUT2D eigenvalue weighted by Crippen LogP contribution is -2.31. The van der Waals surface area contributed by atoms with Crippen LogP contribution in [0.5, 0.6) is 5.88 Å². The number of sulfonamides is 1. The Morgan fingerprint density at radius 3 is 2.47 bits per heavy atom. The van der Waals surface area contributed by atoms with Gasteiger partial charge in [-0.05, 0) is 54.6 Å². The third kappa shape index (κ3) is 4.63. The van der Waals surface area contributed by atoms with Crippen molar-refractivity contribution in [2.24, 2.45) is 10.2 Å². The van der Waals surface area contributed by atoms with Gasteiger partial charge in [0.05, 0.1) is 22.6 Å². The minimum absolute atomic E-state index is 0.0552. The Hall–Kier alpha value is -3.76. The van der Waals surface area contributed by atoms with Crippen molar-refractivity contribution < 1.29 is 18.3 Å². The lowest BCUT2D eigenvalue weighted by Gasteiger charge is -2.23. The van der Waals surface area contributed by atoms with E-state index >= 15 is 0 Å². The highest BCUT2D eigenvalue weighted by molar-refractivity contribution is 9.10. The maximum absolute atomic E-state index is 13.1. The standard InChI is InChI=1S/C24H19BrN4O4S/c1-2-14-29(34(32,33)19-6-4-3-5-7-19)18-11-8-16(9-12-18)23(30)28-27-22-20-15-17(25)10-13-21(20)26-24(22)31/h2-13,15,26,31H,1,14H2. The third-order valence-corrected chi connectivity index (χ3v) is 7.28.